The molecule has 2 aromatic rings. The van der Waals surface area contributed by atoms with Crippen LogP contribution >= 0.6 is 0 Å². The van der Waals surface area contributed by atoms with Crippen LogP contribution < -0.4 is 14.8 Å². The Balaban J connectivity index is 1.70. The van der Waals surface area contributed by atoms with Crippen LogP contribution in [0.3, 0.4) is 0 Å². The zero-order valence-electron chi connectivity index (χ0n) is 18.6. The lowest BCUT2D eigenvalue weighted by atomic mass is 9.92. The SMILES string of the molecule is COc1ccc([C@H]2C(C)=Nc3ccccc3N=C2NC(=O)CN2CCOCC2)cc1OC. The maximum atomic E-state index is 13.0. The summed E-state index contributed by atoms with van der Waals surface area (Å²) in [5.74, 6) is 1.34. The van der Waals surface area contributed by atoms with Crippen LogP contribution in [0, 0.1) is 0 Å². The lowest BCUT2D eigenvalue weighted by molar-refractivity contribution is -0.121. The van der Waals surface area contributed by atoms with Crippen molar-refractivity contribution < 1.29 is 19.0 Å². The molecule has 0 aliphatic carbocycles. The number of carbonyl (C=O) groups excluding carboxylic acids is 1. The van der Waals surface area contributed by atoms with Crippen molar-refractivity contribution in [2.75, 3.05) is 47.1 Å². The van der Waals surface area contributed by atoms with Gasteiger partial charge in [-0.25, -0.2) is 4.99 Å². The lowest BCUT2D eigenvalue weighted by Gasteiger charge is -2.26. The van der Waals surface area contributed by atoms with E-state index in [-0.39, 0.29) is 11.8 Å². The van der Waals surface area contributed by atoms with Gasteiger partial charge >= 0.3 is 0 Å². The average Bonchev–Trinajstić information content (AvgIpc) is 2.94. The highest BCUT2D eigenvalue weighted by molar-refractivity contribution is 6.17. The second kappa shape index (κ2) is 9.93. The first-order valence-electron chi connectivity index (χ1n) is 10.6. The van der Waals surface area contributed by atoms with Crippen LogP contribution in [0.4, 0.5) is 11.4 Å². The third kappa shape index (κ3) is 4.81. The zero-order chi connectivity index (χ0) is 22.5. The number of para-hydroxylation sites is 2. The summed E-state index contributed by atoms with van der Waals surface area (Å²) in [6.07, 6.45) is 0. The third-order valence-corrected chi connectivity index (χ3v) is 5.59. The van der Waals surface area contributed by atoms with E-state index in [9.17, 15) is 4.79 Å². The number of rotatable bonds is 5. The Morgan fingerprint density at radius 3 is 2.44 bits per heavy atom. The van der Waals surface area contributed by atoms with E-state index in [1.165, 1.54) is 0 Å². The molecule has 2 aliphatic heterocycles. The quantitative estimate of drug-likeness (QED) is 0.779. The minimum Gasteiger partial charge on any atom is -0.493 e. The number of nitrogens with zero attached hydrogens (tertiary/aromatic N) is 3. The van der Waals surface area contributed by atoms with Crippen LogP contribution in [-0.4, -0.2) is 69.4 Å². The molecule has 4 rings (SSSR count). The van der Waals surface area contributed by atoms with Gasteiger partial charge in [-0.15, -0.1) is 0 Å². The Bertz CT molecular complexity index is 1040. The van der Waals surface area contributed by atoms with E-state index in [1.54, 1.807) is 14.2 Å². The van der Waals surface area contributed by atoms with Gasteiger partial charge in [0.15, 0.2) is 11.5 Å². The first-order chi connectivity index (χ1) is 15.6. The molecule has 1 atom stereocenters. The summed E-state index contributed by atoms with van der Waals surface area (Å²) >= 11 is 0. The molecule has 0 aromatic heterocycles. The number of morpholine rings is 1. The molecule has 2 aliphatic rings. The maximum absolute atomic E-state index is 13.0. The van der Waals surface area contributed by atoms with E-state index in [2.05, 4.69) is 10.2 Å². The highest BCUT2D eigenvalue weighted by atomic mass is 16.5. The number of benzene rings is 2. The number of aliphatic imine (C=N–C) groups is 2. The first kappa shape index (κ1) is 22.0. The molecule has 32 heavy (non-hydrogen) atoms. The van der Waals surface area contributed by atoms with Gasteiger partial charge in [0.1, 0.15) is 5.84 Å². The Kier molecular flexibility index (Phi) is 6.82. The molecular formula is C24H28N4O4. The van der Waals surface area contributed by atoms with Crippen molar-refractivity contribution in [3.05, 3.63) is 48.0 Å². The van der Waals surface area contributed by atoms with Crippen LogP contribution in [0.1, 0.15) is 18.4 Å². The highest BCUT2D eigenvalue weighted by Gasteiger charge is 2.28. The first-order valence-corrected chi connectivity index (χ1v) is 10.6. The molecule has 1 N–H and O–H groups in total. The van der Waals surface area contributed by atoms with Gasteiger partial charge in [0.05, 0.1) is 51.3 Å². The summed E-state index contributed by atoms with van der Waals surface area (Å²) in [4.78, 5) is 24.7. The third-order valence-electron chi connectivity index (χ3n) is 5.59. The molecule has 2 aromatic carbocycles. The number of hydrogen-bond donors (Lipinski definition) is 1. The van der Waals surface area contributed by atoms with Gasteiger partial charge in [-0.1, -0.05) is 18.2 Å². The van der Waals surface area contributed by atoms with Gasteiger partial charge in [0.2, 0.25) is 5.91 Å². The molecule has 0 spiro atoms. The fourth-order valence-electron chi connectivity index (χ4n) is 3.98. The van der Waals surface area contributed by atoms with E-state index in [0.29, 0.717) is 37.1 Å². The van der Waals surface area contributed by atoms with Gasteiger partial charge in [-0.3, -0.25) is 14.7 Å². The minimum absolute atomic E-state index is 0.108. The van der Waals surface area contributed by atoms with Crippen LogP contribution in [0.5, 0.6) is 11.5 Å². The maximum Gasteiger partial charge on any atom is 0.239 e. The minimum atomic E-state index is -0.337. The topological polar surface area (TPSA) is 84.8 Å². The highest BCUT2D eigenvalue weighted by Crippen LogP contribution is 2.36. The number of amides is 1. The predicted octanol–water partition coefficient (Wildman–Crippen LogP) is 3.07. The number of nitrogens with one attached hydrogen (secondary N) is 1. The van der Waals surface area contributed by atoms with Crippen LogP contribution in [0.25, 0.3) is 0 Å². The molecule has 2 heterocycles. The van der Waals surface area contributed by atoms with Crippen molar-refractivity contribution in [2.24, 2.45) is 9.98 Å². The van der Waals surface area contributed by atoms with Gasteiger partial charge < -0.3 is 19.5 Å². The van der Waals surface area contributed by atoms with Crippen molar-refractivity contribution in [1.82, 2.24) is 10.2 Å². The Labute approximate surface area is 187 Å². The number of fused-ring (bicyclic) bond motifs is 1. The van der Waals surface area contributed by atoms with Gasteiger partial charge in [0, 0.05) is 18.8 Å². The van der Waals surface area contributed by atoms with Crippen LogP contribution in [0.2, 0.25) is 0 Å². The summed E-state index contributed by atoms with van der Waals surface area (Å²) in [5.41, 5.74) is 3.22. The molecule has 1 saturated heterocycles. The van der Waals surface area contributed by atoms with Crippen molar-refractivity contribution in [3.63, 3.8) is 0 Å². The summed E-state index contributed by atoms with van der Waals surface area (Å²) in [6.45, 7) is 5.00. The Morgan fingerprint density at radius 2 is 1.75 bits per heavy atom. The molecule has 8 nitrogen and oxygen atoms in total. The van der Waals surface area contributed by atoms with Crippen molar-refractivity contribution in [3.8, 4) is 11.5 Å². The molecule has 0 bridgehead atoms. The fourth-order valence-corrected chi connectivity index (χ4v) is 3.98. The van der Waals surface area contributed by atoms with E-state index in [1.807, 2.05) is 49.4 Å². The molecular weight excluding hydrogens is 408 g/mol. The fraction of sp³-hybridized carbons (Fsp3) is 0.375. The smallest absolute Gasteiger partial charge is 0.239 e. The molecule has 0 radical (unpaired) electrons. The average molecular weight is 437 g/mol. The number of hydrogen-bond acceptors (Lipinski definition) is 7. The number of amidine groups is 1. The summed E-state index contributed by atoms with van der Waals surface area (Å²) in [6, 6.07) is 13.4. The summed E-state index contributed by atoms with van der Waals surface area (Å²) in [5, 5.41) is 3.07. The molecule has 1 amide bonds. The molecule has 0 saturated carbocycles. The Morgan fingerprint density at radius 1 is 1.06 bits per heavy atom. The molecule has 1 fully saturated rings. The van der Waals surface area contributed by atoms with Crippen molar-refractivity contribution >= 4 is 28.8 Å². The van der Waals surface area contributed by atoms with Crippen molar-refractivity contribution in [2.45, 2.75) is 12.8 Å². The van der Waals surface area contributed by atoms with E-state index < -0.39 is 0 Å². The van der Waals surface area contributed by atoms with Crippen LogP contribution in [-0.2, 0) is 9.53 Å². The van der Waals surface area contributed by atoms with E-state index >= 15 is 0 Å². The molecule has 0 unspecified atom stereocenters. The lowest BCUT2D eigenvalue weighted by Crippen LogP contribution is -2.46. The Hall–Kier alpha value is -3.23. The number of methoxy groups -OCH3 is 2. The van der Waals surface area contributed by atoms with Gasteiger partial charge in [-0.2, -0.15) is 0 Å². The van der Waals surface area contributed by atoms with Crippen LogP contribution in [0.15, 0.2) is 52.4 Å². The zero-order valence-corrected chi connectivity index (χ0v) is 18.6. The second-order valence-electron chi connectivity index (χ2n) is 7.72. The molecule has 8 heteroatoms. The molecule has 168 valence electrons. The largest absolute Gasteiger partial charge is 0.493 e. The monoisotopic (exact) mass is 436 g/mol. The predicted molar refractivity (Wildman–Crippen MR) is 124 cm³/mol. The summed E-state index contributed by atoms with van der Waals surface area (Å²) < 4.78 is 16.3. The van der Waals surface area contributed by atoms with Gasteiger partial charge in [-0.05, 0) is 36.8 Å². The standard InChI is InChI=1S/C24H28N4O4/c1-16-23(17-8-9-20(30-2)21(14-17)31-3)24(26-19-7-5-4-6-18(19)25-16)27-22(29)15-28-10-12-32-13-11-28/h4-9,14,23H,10-13,15H2,1-3H3,(H,26,27,29)/t23-/m1/s1. The number of carbonyl (C=O) groups is 1. The summed E-state index contributed by atoms with van der Waals surface area (Å²) in [7, 11) is 3.20. The van der Waals surface area contributed by atoms with Gasteiger partial charge in [0.25, 0.3) is 0 Å². The normalized spacial score (nSPS) is 18.7. The van der Waals surface area contributed by atoms with E-state index in [4.69, 9.17) is 24.2 Å². The van der Waals surface area contributed by atoms with Crippen molar-refractivity contribution in [1.29, 1.82) is 0 Å². The van der Waals surface area contributed by atoms with E-state index in [0.717, 1.165) is 35.7 Å². The number of ether oxygens (including phenoxy) is 3. The second-order valence-corrected chi connectivity index (χ2v) is 7.72.